The van der Waals surface area contributed by atoms with Crippen molar-refractivity contribution in [1.29, 1.82) is 5.26 Å². The number of rotatable bonds is 3. The lowest BCUT2D eigenvalue weighted by atomic mass is 9.75. The van der Waals surface area contributed by atoms with E-state index in [0.717, 1.165) is 18.4 Å². The highest BCUT2D eigenvalue weighted by Crippen LogP contribution is 2.54. The van der Waals surface area contributed by atoms with Crippen LogP contribution < -0.4 is 10.5 Å². The molecule has 8 nitrogen and oxygen atoms in total. The van der Waals surface area contributed by atoms with Crippen LogP contribution in [0.2, 0.25) is 0 Å². The van der Waals surface area contributed by atoms with E-state index < -0.39 is 5.41 Å². The van der Waals surface area contributed by atoms with Gasteiger partial charge in [0.05, 0.1) is 24.2 Å². The van der Waals surface area contributed by atoms with Gasteiger partial charge in [-0.05, 0) is 30.9 Å². The van der Waals surface area contributed by atoms with Gasteiger partial charge in [-0.1, -0.05) is 6.92 Å². The number of nitrogens with zero attached hydrogens (tertiary/aromatic N) is 6. The molecule has 1 amide bonds. The van der Waals surface area contributed by atoms with Crippen LogP contribution >= 0.6 is 0 Å². The molecule has 0 spiro atoms. The summed E-state index contributed by atoms with van der Waals surface area (Å²) < 4.78 is 3.17. The van der Waals surface area contributed by atoms with Crippen LogP contribution in [0.15, 0.2) is 41.6 Å². The summed E-state index contributed by atoms with van der Waals surface area (Å²) in [5, 5.41) is 14.3. The Morgan fingerprint density at radius 3 is 2.69 bits per heavy atom. The van der Waals surface area contributed by atoms with Crippen LogP contribution in [0.1, 0.15) is 19.8 Å². The van der Waals surface area contributed by atoms with Gasteiger partial charge in [0, 0.05) is 37.3 Å². The van der Waals surface area contributed by atoms with Crippen LogP contribution in [0, 0.1) is 28.6 Å². The van der Waals surface area contributed by atoms with Crippen molar-refractivity contribution in [1.82, 2.24) is 19.2 Å². The Balaban J connectivity index is 1.66. The highest BCUT2D eigenvalue weighted by atomic mass is 16.2. The molecule has 8 heteroatoms. The highest BCUT2D eigenvalue weighted by Gasteiger charge is 2.61. The predicted molar refractivity (Wildman–Crippen MR) is 106 cm³/mol. The first kappa shape index (κ1) is 17.6. The first-order valence-corrected chi connectivity index (χ1v) is 9.70. The Kier molecular flexibility index (Phi) is 3.65. The summed E-state index contributed by atoms with van der Waals surface area (Å²) in [6, 6.07) is 7.37. The van der Waals surface area contributed by atoms with Gasteiger partial charge in [0.1, 0.15) is 10.9 Å². The Morgan fingerprint density at radius 1 is 1.21 bits per heavy atom. The first-order chi connectivity index (χ1) is 14.0. The molecule has 1 saturated heterocycles. The van der Waals surface area contributed by atoms with Crippen molar-refractivity contribution in [2.24, 2.45) is 24.3 Å². The summed E-state index contributed by atoms with van der Waals surface area (Å²) in [6.07, 6.45) is 6.99. The monoisotopic (exact) mass is 388 g/mol. The number of hydrogen-bond acceptors (Lipinski definition) is 5. The number of carbonyl (C=O) groups is 1. The molecule has 1 aliphatic carbocycles. The average Bonchev–Trinajstić information content (AvgIpc) is 3.38. The van der Waals surface area contributed by atoms with Gasteiger partial charge in [-0.3, -0.25) is 14.5 Å². The van der Waals surface area contributed by atoms with Crippen LogP contribution in [0.4, 0.5) is 5.82 Å². The SMILES string of the molecule is C[C@@H]1CN(c2nc(-c3ccc(=O)n(C)c3)cn3nccc23)C(=O)[C@]1(C#N)C1CC1. The molecule has 146 valence electrons. The van der Waals surface area contributed by atoms with Gasteiger partial charge < -0.3 is 4.57 Å². The average molecular weight is 388 g/mol. The van der Waals surface area contributed by atoms with E-state index in [4.69, 9.17) is 4.98 Å². The standard InChI is InChI=1S/C21H20N6O2/c1-13-9-26(20(29)21(13,12-22)15-4-5-15)19-17-7-8-23-27(17)11-16(24-19)14-3-6-18(28)25(2)10-14/h3,6-8,10-11,13,15H,4-5,9H2,1-2H3/t13-,21+/m1/s1. The second-order valence-corrected chi connectivity index (χ2v) is 8.05. The van der Waals surface area contributed by atoms with Crippen LogP contribution in [0.5, 0.6) is 0 Å². The molecule has 0 aromatic carbocycles. The maximum atomic E-state index is 13.5. The fraction of sp³-hybridized carbons (Fsp3) is 0.381. The van der Waals surface area contributed by atoms with Crippen molar-refractivity contribution in [3.05, 3.63) is 47.1 Å². The van der Waals surface area contributed by atoms with Crippen molar-refractivity contribution in [3.63, 3.8) is 0 Å². The van der Waals surface area contributed by atoms with E-state index >= 15 is 0 Å². The molecule has 0 radical (unpaired) electrons. The molecule has 2 atom stereocenters. The molecule has 3 aromatic heterocycles. The van der Waals surface area contributed by atoms with Gasteiger partial charge in [0.15, 0.2) is 5.82 Å². The van der Waals surface area contributed by atoms with Gasteiger partial charge in [-0.25, -0.2) is 9.50 Å². The number of hydrogen-bond donors (Lipinski definition) is 0. The second kappa shape index (κ2) is 6.01. The number of pyridine rings is 1. The zero-order valence-electron chi connectivity index (χ0n) is 16.2. The molecule has 0 bridgehead atoms. The van der Waals surface area contributed by atoms with Crippen molar-refractivity contribution in [2.75, 3.05) is 11.4 Å². The van der Waals surface area contributed by atoms with E-state index in [1.54, 1.807) is 41.1 Å². The lowest BCUT2D eigenvalue weighted by Gasteiger charge is -2.23. The summed E-state index contributed by atoms with van der Waals surface area (Å²) in [4.78, 5) is 31.6. The summed E-state index contributed by atoms with van der Waals surface area (Å²) in [5.74, 6) is 0.401. The largest absolute Gasteiger partial charge is 0.318 e. The molecule has 2 aliphatic rings. The van der Waals surface area contributed by atoms with E-state index in [9.17, 15) is 14.9 Å². The van der Waals surface area contributed by atoms with E-state index in [1.165, 1.54) is 10.6 Å². The lowest BCUT2D eigenvalue weighted by molar-refractivity contribution is -0.124. The smallest absolute Gasteiger partial charge is 0.250 e. The number of amides is 1. The maximum Gasteiger partial charge on any atom is 0.250 e. The normalized spacial score (nSPS) is 24.2. The Bertz CT molecular complexity index is 1250. The van der Waals surface area contributed by atoms with Crippen LogP contribution in [-0.2, 0) is 11.8 Å². The van der Waals surface area contributed by atoms with E-state index in [2.05, 4.69) is 11.2 Å². The summed E-state index contributed by atoms with van der Waals surface area (Å²) in [6.45, 7) is 2.43. The minimum Gasteiger partial charge on any atom is -0.318 e. The number of nitriles is 1. The molecule has 4 heterocycles. The summed E-state index contributed by atoms with van der Waals surface area (Å²) >= 11 is 0. The Morgan fingerprint density at radius 2 is 2.00 bits per heavy atom. The fourth-order valence-corrected chi connectivity index (χ4v) is 4.48. The Hall–Kier alpha value is -3.47. The third-order valence-electron chi connectivity index (χ3n) is 6.25. The molecule has 2 fully saturated rings. The van der Waals surface area contributed by atoms with Crippen molar-refractivity contribution in [3.8, 4) is 17.3 Å². The predicted octanol–water partition coefficient (Wildman–Crippen LogP) is 2.00. The molecular weight excluding hydrogens is 368 g/mol. The van der Waals surface area contributed by atoms with E-state index in [-0.39, 0.29) is 23.3 Å². The van der Waals surface area contributed by atoms with Gasteiger partial charge >= 0.3 is 0 Å². The van der Waals surface area contributed by atoms with E-state index in [1.807, 2.05) is 13.0 Å². The summed E-state index contributed by atoms with van der Waals surface area (Å²) in [7, 11) is 1.68. The first-order valence-electron chi connectivity index (χ1n) is 9.70. The van der Waals surface area contributed by atoms with Gasteiger partial charge in [-0.15, -0.1) is 0 Å². The molecular formula is C21H20N6O2. The van der Waals surface area contributed by atoms with Crippen LogP contribution in [0.3, 0.4) is 0 Å². The number of anilines is 1. The van der Waals surface area contributed by atoms with Gasteiger partial charge in [0.2, 0.25) is 11.5 Å². The zero-order valence-corrected chi connectivity index (χ0v) is 16.2. The number of aromatic nitrogens is 4. The minimum absolute atomic E-state index is 0.0709. The molecule has 29 heavy (non-hydrogen) atoms. The molecule has 5 rings (SSSR count). The number of fused-ring (bicyclic) bond motifs is 1. The van der Waals surface area contributed by atoms with Crippen molar-refractivity contribution >= 4 is 17.2 Å². The summed E-state index contributed by atoms with van der Waals surface area (Å²) in [5.41, 5.74) is 0.989. The zero-order chi connectivity index (χ0) is 20.3. The maximum absolute atomic E-state index is 13.5. The van der Waals surface area contributed by atoms with Crippen molar-refractivity contribution < 1.29 is 4.79 Å². The van der Waals surface area contributed by atoms with Crippen LogP contribution in [0.25, 0.3) is 16.8 Å². The quantitative estimate of drug-likeness (QED) is 0.684. The molecule has 0 unspecified atom stereocenters. The lowest BCUT2D eigenvalue weighted by Crippen LogP contribution is -2.37. The second-order valence-electron chi connectivity index (χ2n) is 8.05. The van der Waals surface area contributed by atoms with Crippen LogP contribution in [-0.4, -0.2) is 31.6 Å². The third kappa shape index (κ3) is 2.43. The molecule has 3 aromatic rings. The number of carbonyl (C=O) groups excluding carboxylic acids is 1. The number of aryl methyl sites for hydroxylation is 1. The molecule has 1 saturated carbocycles. The fourth-order valence-electron chi connectivity index (χ4n) is 4.48. The van der Waals surface area contributed by atoms with Gasteiger partial charge in [-0.2, -0.15) is 10.4 Å². The van der Waals surface area contributed by atoms with Crippen molar-refractivity contribution in [2.45, 2.75) is 19.8 Å². The topological polar surface area (TPSA) is 96.3 Å². The van der Waals surface area contributed by atoms with Gasteiger partial charge in [0.25, 0.3) is 0 Å². The molecule has 1 aliphatic heterocycles. The Labute approximate surface area is 167 Å². The third-order valence-corrected chi connectivity index (χ3v) is 6.25. The van der Waals surface area contributed by atoms with E-state index in [0.29, 0.717) is 23.6 Å². The highest BCUT2D eigenvalue weighted by molar-refractivity contribution is 6.04. The minimum atomic E-state index is -0.967. The molecule has 0 N–H and O–H groups in total.